The number of ether oxygens (including phenoxy) is 2. The van der Waals surface area contributed by atoms with E-state index in [0.29, 0.717) is 22.7 Å². The number of rotatable bonds is 10. The Balaban J connectivity index is 1.54. The number of carbonyl (C=O) groups is 2. The van der Waals surface area contributed by atoms with Gasteiger partial charge in [-0.25, -0.2) is 4.79 Å². The first kappa shape index (κ1) is 25.2. The number of aryl methyl sites for hydroxylation is 1. The Morgan fingerprint density at radius 2 is 1.79 bits per heavy atom. The number of thiophene rings is 1. The van der Waals surface area contributed by atoms with Crippen molar-refractivity contribution in [2.24, 2.45) is 0 Å². The number of thiocarbonyl (C=S) groups is 1. The average molecular weight is 489 g/mol. The molecule has 0 bridgehead atoms. The minimum absolute atomic E-state index is 0.149. The Morgan fingerprint density at radius 1 is 1.06 bits per heavy atom. The van der Waals surface area contributed by atoms with E-state index in [1.807, 2.05) is 0 Å². The van der Waals surface area contributed by atoms with Crippen LogP contribution in [0.2, 0.25) is 0 Å². The van der Waals surface area contributed by atoms with Crippen LogP contribution in [0.25, 0.3) is 0 Å². The van der Waals surface area contributed by atoms with E-state index < -0.39 is 0 Å². The summed E-state index contributed by atoms with van der Waals surface area (Å²) in [5, 5.41) is 6.51. The highest BCUT2D eigenvalue weighted by Crippen LogP contribution is 2.38. The number of esters is 1. The van der Waals surface area contributed by atoms with E-state index in [0.717, 1.165) is 43.4 Å². The van der Waals surface area contributed by atoms with Crippen molar-refractivity contribution in [3.05, 3.63) is 45.8 Å². The molecule has 0 saturated carbocycles. The van der Waals surface area contributed by atoms with E-state index in [-0.39, 0.29) is 17.0 Å². The Kier molecular flexibility index (Phi) is 9.69. The monoisotopic (exact) mass is 488 g/mol. The SMILES string of the molecule is CCCCCCCOc1ccc(C(=O)NC(=S)Nc2sc3c(c2C(=O)OC)CCCC3)cc1. The summed E-state index contributed by atoms with van der Waals surface area (Å²) in [6, 6.07) is 7.02. The van der Waals surface area contributed by atoms with Gasteiger partial charge in [0.1, 0.15) is 10.8 Å². The van der Waals surface area contributed by atoms with Crippen LogP contribution in [0.4, 0.5) is 5.00 Å². The molecule has 0 atom stereocenters. The third-order valence-corrected chi connectivity index (χ3v) is 7.06. The zero-order valence-corrected chi connectivity index (χ0v) is 21.0. The maximum Gasteiger partial charge on any atom is 0.341 e. The maximum atomic E-state index is 12.6. The molecule has 0 fully saturated rings. The zero-order chi connectivity index (χ0) is 23.6. The van der Waals surface area contributed by atoms with Crippen LogP contribution in [-0.4, -0.2) is 30.7 Å². The first-order chi connectivity index (χ1) is 16.0. The summed E-state index contributed by atoms with van der Waals surface area (Å²) < 4.78 is 10.7. The van der Waals surface area contributed by atoms with Gasteiger partial charge in [0.25, 0.3) is 5.91 Å². The molecule has 2 N–H and O–H groups in total. The average Bonchev–Trinajstić information content (AvgIpc) is 3.18. The third kappa shape index (κ3) is 7.01. The molecule has 0 spiro atoms. The van der Waals surface area contributed by atoms with E-state index in [4.69, 9.17) is 21.7 Å². The van der Waals surface area contributed by atoms with Crippen LogP contribution in [0, 0.1) is 0 Å². The molecule has 6 nitrogen and oxygen atoms in total. The minimum Gasteiger partial charge on any atom is -0.494 e. The van der Waals surface area contributed by atoms with Crippen LogP contribution in [0.3, 0.4) is 0 Å². The Labute approximate surface area is 205 Å². The van der Waals surface area contributed by atoms with E-state index in [1.165, 1.54) is 49.0 Å². The van der Waals surface area contributed by atoms with Crippen molar-refractivity contribution in [1.29, 1.82) is 0 Å². The topological polar surface area (TPSA) is 76.7 Å². The lowest BCUT2D eigenvalue weighted by atomic mass is 9.95. The standard InChI is InChI=1S/C25H32N2O4S2/c1-3-4-5-6-9-16-31-18-14-12-17(13-15-18)22(28)26-25(32)27-23-21(24(29)30-2)19-10-7-8-11-20(19)33-23/h12-15H,3-11,16H2,1-2H3,(H2,26,27,28,32). The predicted molar refractivity (Wildman–Crippen MR) is 137 cm³/mol. The fourth-order valence-electron chi connectivity index (χ4n) is 3.88. The summed E-state index contributed by atoms with van der Waals surface area (Å²) >= 11 is 6.85. The van der Waals surface area contributed by atoms with Crippen molar-refractivity contribution in [3.8, 4) is 5.75 Å². The molecule has 8 heteroatoms. The predicted octanol–water partition coefficient (Wildman–Crippen LogP) is 5.89. The van der Waals surface area contributed by atoms with E-state index in [1.54, 1.807) is 24.3 Å². The first-order valence-corrected chi connectivity index (χ1v) is 12.8. The van der Waals surface area contributed by atoms with Gasteiger partial charge in [0.05, 0.1) is 19.3 Å². The molecule has 1 aliphatic carbocycles. The van der Waals surface area contributed by atoms with Crippen molar-refractivity contribution in [2.75, 3.05) is 19.0 Å². The molecule has 1 aromatic heterocycles. The van der Waals surface area contributed by atoms with Crippen LogP contribution in [0.5, 0.6) is 5.75 Å². The molecule has 2 aromatic rings. The summed E-state index contributed by atoms with van der Waals surface area (Å²) in [6.45, 7) is 2.88. The van der Waals surface area contributed by atoms with Gasteiger partial charge in [0, 0.05) is 10.4 Å². The summed E-state index contributed by atoms with van der Waals surface area (Å²) in [5.41, 5.74) is 2.05. The van der Waals surface area contributed by atoms with Crippen molar-refractivity contribution in [2.45, 2.75) is 64.7 Å². The highest BCUT2D eigenvalue weighted by molar-refractivity contribution is 7.80. The number of unbranched alkanes of at least 4 members (excludes halogenated alkanes) is 4. The number of fused-ring (bicyclic) bond motifs is 1. The molecular formula is C25H32N2O4S2. The molecule has 3 rings (SSSR count). The van der Waals surface area contributed by atoms with Crippen molar-refractivity contribution >= 4 is 45.5 Å². The fraction of sp³-hybridized carbons (Fsp3) is 0.480. The highest BCUT2D eigenvalue weighted by Gasteiger charge is 2.26. The van der Waals surface area contributed by atoms with Crippen LogP contribution in [0.1, 0.15) is 83.0 Å². The lowest BCUT2D eigenvalue weighted by molar-refractivity contribution is 0.0601. The van der Waals surface area contributed by atoms with Crippen LogP contribution >= 0.6 is 23.6 Å². The molecule has 1 aromatic carbocycles. The van der Waals surface area contributed by atoms with Gasteiger partial charge in [-0.1, -0.05) is 32.6 Å². The van der Waals surface area contributed by atoms with Gasteiger partial charge in [-0.05, 0) is 74.2 Å². The minimum atomic E-state index is -0.382. The van der Waals surface area contributed by atoms with Crippen LogP contribution in [-0.2, 0) is 17.6 Å². The molecule has 0 saturated heterocycles. The van der Waals surface area contributed by atoms with Gasteiger partial charge in [-0.2, -0.15) is 0 Å². The Hall–Kier alpha value is -2.45. The van der Waals surface area contributed by atoms with Gasteiger partial charge in [-0.3, -0.25) is 10.1 Å². The van der Waals surface area contributed by atoms with Gasteiger partial charge in [-0.15, -0.1) is 11.3 Å². The summed E-state index contributed by atoms with van der Waals surface area (Å²) in [6.07, 6.45) is 9.88. The lowest BCUT2D eigenvalue weighted by Gasteiger charge is -2.12. The van der Waals surface area contributed by atoms with E-state index in [9.17, 15) is 9.59 Å². The number of nitrogens with one attached hydrogen (secondary N) is 2. The smallest absolute Gasteiger partial charge is 0.341 e. The number of amides is 1. The molecule has 1 heterocycles. The molecule has 1 amide bonds. The molecule has 0 radical (unpaired) electrons. The number of benzene rings is 1. The summed E-state index contributed by atoms with van der Waals surface area (Å²) in [5.74, 6) is 0.0427. The Morgan fingerprint density at radius 3 is 2.52 bits per heavy atom. The molecule has 33 heavy (non-hydrogen) atoms. The van der Waals surface area contributed by atoms with Crippen molar-refractivity contribution in [1.82, 2.24) is 5.32 Å². The third-order valence-electron chi connectivity index (χ3n) is 5.65. The largest absolute Gasteiger partial charge is 0.494 e. The van der Waals surface area contributed by atoms with E-state index in [2.05, 4.69) is 17.6 Å². The second kappa shape index (κ2) is 12.7. The quantitative estimate of drug-likeness (QED) is 0.247. The maximum absolute atomic E-state index is 12.6. The number of carbonyl (C=O) groups excluding carboxylic acids is 2. The summed E-state index contributed by atoms with van der Waals surface area (Å²) in [4.78, 5) is 26.2. The second-order valence-corrected chi connectivity index (χ2v) is 9.62. The number of hydrogen-bond donors (Lipinski definition) is 2. The van der Waals surface area contributed by atoms with Gasteiger partial charge in [0.2, 0.25) is 0 Å². The van der Waals surface area contributed by atoms with Gasteiger partial charge < -0.3 is 14.8 Å². The van der Waals surface area contributed by atoms with E-state index >= 15 is 0 Å². The molecular weight excluding hydrogens is 456 g/mol. The van der Waals surface area contributed by atoms with Gasteiger partial charge in [0.15, 0.2) is 5.11 Å². The van der Waals surface area contributed by atoms with Crippen molar-refractivity contribution in [3.63, 3.8) is 0 Å². The molecule has 0 aliphatic heterocycles. The van der Waals surface area contributed by atoms with Gasteiger partial charge >= 0.3 is 5.97 Å². The number of anilines is 1. The highest BCUT2D eigenvalue weighted by atomic mass is 32.1. The number of hydrogen-bond acceptors (Lipinski definition) is 6. The molecule has 0 unspecified atom stereocenters. The fourth-order valence-corrected chi connectivity index (χ4v) is 5.42. The Bertz CT molecular complexity index is 970. The first-order valence-electron chi connectivity index (χ1n) is 11.6. The van der Waals surface area contributed by atoms with Crippen LogP contribution in [0.15, 0.2) is 24.3 Å². The number of methoxy groups -OCH3 is 1. The molecule has 1 aliphatic rings. The second-order valence-electron chi connectivity index (χ2n) is 8.10. The molecule has 178 valence electrons. The van der Waals surface area contributed by atoms with Crippen LogP contribution < -0.4 is 15.4 Å². The van der Waals surface area contributed by atoms with Crippen molar-refractivity contribution < 1.29 is 19.1 Å². The summed E-state index contributed by atoms with van der Waals surface area (Å²) in [7, 11) is 1.37. The lowest BCUT2D eigenvalue weighted by Crippen LogP contribution is -2.34. The zero-order valence-electron chi connectivity index (χ0n) is 19.3. The normalized spacial score (nSPS) is 12.5.